The van der Waals surface area contributed by atoms with Crippen molar-refractivity contribution in [2.24, 2.45) is 11.3 Å². The zero-order chi connectivity index (χ0) is 12.0. The summed E-state index contributed by atoms with van der Waals surface area (Å²) in [5, 5.41) is 0. The molecule has 1 aliphatic carbocycles. The average molecular weight is 334 g/mol. The monoisotopic (exact) mass is 334 g/mol. The molecule has 92 valence electrons. The van der Waals surface area contributed by atoms with Crippen molar-refractivity contribution < 1.29 is 4.79 Å². The van der Waals surface area contributed by atoms with Crippen LogP contribution in [0, 0.1) is 11.3 Å². The van der Waals surface area contributed by atoms with E-state index in [1.165, 1.54) is 31.1 Å². The average Bonchev–Trinajstić information content (AvgIpc) is 2.29. The molecule has 16 heavy (non-hydrogen) atoms. The van der Waals surface area contributed by atoms with E-state index >= 15 is 0 Å². The van der Waals surface area contributed by atoms with E-state index in [0.717, 1.165) is 29.6 Å². The van der Waals surface area contributed by atoms with Gasteiger partial charge < -0.3 is 4.79 Å². The van der Waals surface area contributed by atoms with E-state index in [1.807, 2.05) is 0 Å². The second-order valence-corrected chi connectivity index (χ2v) is 6.24. The normalized spacial score (nSPS) is 25.6. The van der Waals surface area contributed by atoms with Crippen molar-refractivity contribution in [3.63, 3.8) is 0 Å². The van der Waals surface area contributed by atoms with Crippen LogP contribution in [-0.2, 0) is 4.79 Å². The van der Waals surface area contributed by atoms with Crippen molar-refractivity contribution in [3.8, 4) is 0 Å². The fourth-order valence-corrected chi connectivity index (χ4v) is 3.18. The lowest BCUT2D eigenvalue weighted by atomic mass is 9.75. The van der Waals surface area contributed by atoms with Crippen molar-refractivity contribution in [2.75, 3.05) is 4.43 Å². The third-order valence-electron chi connectivity index (χ3n) is 3.45. The molecule has 0 aliphatic heterocycles. The molecule has 0 fully saturated rings. The van der Waals surface area contributed by atoms with Gasteiger partial charge in [0.15, 0.2) is 0 Å². The second-order valence-electron chi connectivity index (χ2n) is 5.48. The molecule has 0 heterocycles. The van der Waals surface area contributed by atoms with Crippen molar-refractivity contribution in [1.82, 2.24) is 0 Å². The first-order valence-corrected chi connectivity index (χ1v) is 7.84. The number of hydrogen-bond acceptors (Lipinski definition) is 1. The molecule has 0 aromatic rings. The van der Waals surface area contributed by atoms with Crippen LogP contribution in [-0.4, -0.2) is 10.7 Å². The zero-order valence-electron chi connectivity index (χ0n) is 10.5. The summed E-state index contributed by atoms with van der Waals surface area (Å²) >= 11 is 2.36. The molecular formula is C14H23IO. The van der Waals surface area contributed by atoms with Crippen molar-refractivity contribution in [3.05, 3.63) is 11.6 Å². The first-order chi connectivity index (χ1) is 7.62. The van der Waals surface area contributed by atoms with Gasteiger partial charge in [0.2, 0.25) is 0 Å². The van der Waals surface area contributed by atoms with Gasteiger partial charge in [-0.2, -0.15) is 0 Å². The number of hydrogen-bond donors (Lipinski definition) is 0. The van der Waals surface area contributed by atoms with Gasteiger partial charge in [-0.1, -0.05) is 54.5 Å². The van der Waals surface area contributed by atoms with E-state index in [1.54, 1.807) is 0 Å². The lowest BCUT2D eigenvalue weighted by Crippen LogP contribution is -2.27. The van der Waals surface area contributed by atoms with Crippen LogP contribution >= 0.6 is 22.6 Å². The highest BCUT2D eigenvalue weighted by Gasteiger charge is 2.31. The summed E-state index contributed by atoms with van der Waals surface area (Å²) in [6, 6.07) is 0. The Morgan fingerprint density at radius 2 is 2.31 bits per heavy atom. The Morgan fingerprint density at radius 1 is 1.56 bits per heavy atom. The topological polar surface area (TPSA) is 17.1 Å². The van der Waals surface area contributed by atoms with Gasteiger partial charge in [-0.25, -0.2) is 0 Å². The summed E-state index contributed by atoms with van der Waals surface area (Å²) in [5.74, 6) is 0.796. The fourth-order valence-electron chi connectivity index (χ4n) is 2.35. The predicted octanol–water partition coefficient (Wildman–Crippen LogP) is 4.54. The number of allylic oxidation sites excluding steroid dienone is 2. The lowest BCUT2D eigenvalue weighted by Gasteiger charge is -2.30. The zero-order valence-corrected chi connectivity index (χ0v) is 12.6. The number of rotatable bonds is 6. The van der Waals surface area contributed by atoms with Crippen LogP contribution < -0.4 is 0 Å². The summed E-state index contributed by atoms with van der Waals surface area (Å²) in [5.41, 5.74) is 1.48. The molecule has 2 heteroatoms. The molecular weight excluding hydrogens is 311 g/mol. The van der Waals surface area contributed by atoms with Gasteiger partial charge in [0.05, 0.1) is 0 Å². The molecule has 0 saturated heterocycles. The van der Waals surface area contributed by atoms with E-state index in [-0.39, 0.29) is 5.41 Å². The third kappa shape index (κ3) is 4.19. The van der Waals surface area contributed by atoms with Gasteiger partial charge in [-0.15, -0.1) is 0 Å². The van der Waals surface area contributed by atoms with Crippen LogP contribution in [0.5, 0.6) is 0 Å². The standard InChI is InChI=1S/C14H23IO/c1-12(2)5-3-6-13-7-4-8-14(9-13,10-15)11-16/h7,11-12H,3-6,8-10H2,1-2H3. The second kappa shape index (κ2) is 6.77. The van der Waals surface area contributed by atoms with Crippen LogP contribution in [0.1, 0.15) is 52.4 Å². The maximum Gasteiger partial charge on any atom is 0.127 e. The Hall–Kier alpha value is 0.140. The molecule has 0 aromatic carbocycles. The lowest BCUT2D eigenvalue weighted by molar-refractivity contribution is -0.115. The number of carbonyl (C=O) groups is 1. The van der Waals surface area contributed by atoms with E-state index in [4.69, 9.17) is 0 Å². The van der Waals surface area contributed by atoms with Crippen LogP contribution in [0.25, 0.3) is 0 Å². The molecule has 0 N–H and O–H groups in total. The minimum absolute atomic E-state index is 0.0392. The molecule has 0 saturated carbocycles. The first kappa shape index (κ1) is 14.2. The summed E-state index contributed by atoms with van der Waals surface area (Å²) in [4.78, 5) is 11.2. The Kier molecular flexibility index (Phi) is 6.01. The summed E-state index contributed by atoms with van der Waals surface area (Å²) in [6.45, 7) is 4.55. The van der Waals surface area contributed by atoms with Crippen molar-refractivity contribution in [1.29, 1.82) is 0 Å². The van der Waals surface area contributed by atoms with E-state index in [9.17, 15) is 4.79 Å². The smallest absolute Gasteiger partial charge is 0.127 e. The van der Waals surface area contributed by atoms with Gasteiger partial charge in [-0.05, 0) is 38.0 Å². The quantitative estimate of drug-likeness (QED) is 0.302. The number of alkyl halides is 1. The molecule has 0 aromatic heterocycles. The highest BCUT2D eigenvalue weighted by Crippen LogP contribution is 2.37. The Bertz CT molecular complexity index is 257. The highest BCUT2D eigenvalue weighted by atomic mass is 127. The number of carbonyl (C=O) groups excluding carboxylic acids is 1. The van der Waals surface area contributed by atoms with Crippen LogP contribution in [0.4, 0.5) is 0 Å². The maximum absolute atomic E-state index is 11.2. The summed E-state index contributed by atoms with van der Waals surface area (Å²) < 4.78 is 0.968. The van der Waals surface area contributed by atoms with Crippen LogP contribution in [0.15, 0.2) is 11.6 Å². The largest absolute Gasteiger partial charge is 0.303 e. The molecule has 1 nitrogen and oxygen atoms in total. The highest BCUT2D eigenvalue weighted by molar-refractivity contribution is 14.1. The molecule has 1 aliphatic rings. The predicted molar refractivity (Wildman–Crippen MR) is 78.0 cm³/mol. The van der Waals surface area contributed by atoms with Gasteiger partial charge in [0, 0.05) is 9.84 Å². The third-order valence-corrected chi connectivity index (χ3v) is 4.97. The molecule has 0 amide bonds. The minimum Gasteiger partial charge on any atom is -0.303 e. The fraction of sp³-hybridized carbons (Fsp3) is 0.786. The van der Waals surface area contributed by atoms with Gasteiger partial charge in [0.25, 0.3) is 0 Å². The SMILES string of the molecule is CC(C)CCCC1=CCCC(C=O)(CI)C1. The Balaban J connectivity index is 2.43. The van der Waals surface area contributed by atoms with E-state index in [2.05, 4.69) is 42.5 Å². The Labute approximate surface area is 113 Å². The van der Waals surface area contributed by atoms with Crippen molar-refractivity contribution >= 4 is 28.9 Å². The van der Waals surface area contributed by atoms with Gasteiger partial charge >= 0.3 is 0 Å². The summed E-state index contributed by atoms with van der Waals surface area (Å²) in [6.07, 6.45) is 10.5. The van der Waals surface area contributed by atoms with Gasteiger partial charge in [-0.3, -0.25) is 0 Å². The first-order valence-electron chi connectivity index (χ1n) is 6.32. The molecule has 0 spiro atoms. The molecule has 1 atom stereocenters. The maximum atomic E-state index is 11.2. The molecule has 1 rings (SSSR count). The van der Waals surface area contributed by atoms with Crippen molar-refractivity contribution in [2.45, 2.75) is 52.4 Å². The van der Waals surface area contributed by atoms with Crippen LogP contribution in [0.2, 0.25) is 0 Å². The molecule has 0 bridgehead atoms. The van der Waals surface area contributed by atoms with E-state index in [0.29, 0.717) is 0 Å². The Morgan fingerprint density at radius 3 is 2.88 bits per heavy atom. The molecule has 0 radical (unpaired) electrons. The van der Waals surface area contributed by atoms with E-state index < -0.39 is 0 Å². The number of halogens is 1. The molecule has 1 unspecified atom stereocenters. The summed E-state index contributed by atoms with van der Waals surface area (Å²) in [7, 11) is 0. The number of aldehydes is 1. The minimum atomic E-state index is -0.0392. The van der Waals surface area contributed by atoms with Crippen LogP contribution in [0.3, 0.4) is 0 Å². The van der Waals surface area contributed by atoms with Gasteiger partial charge in [0.1, 0.15) is 6.29 Å².